The molecule has 1 aromatic carbocycles. The molecular formula is C18H25NO5. The van der Waals surface area contributed by atoms with Gasteiger partial charge >= 0.3 is 12.1 Å². The molecule has 1 atom stereocenters. The van der Waals surface area contributed by atoms with Gasteiger partial charge in [-0.2, -0.15) is 0 Å². The number of hydrogen-bond donors (Lipinski definition) is 0. The number of hydrogen-bond acceptors (Lipinski definition) is 5. The van der Waals surface area contributed by atoms with Crippen LogP contribution in [-0.4, -0.2) is 48.4 Å². The van der Waals surface area contributed by atoms with Crippen LogP contribution < -0.4 is 0 Å². The predicted molar refractivity (Wildman–Crippen MR) is 88.4 cm³/mol. The summed E-state index contributed by atoms with van der Waals surface area (Å²) in [5, 5.41) is 0. The van der Waals surface area contributed by atoms with Crippen molar-refractivity contribution in [1.82, 2.24) is 4.90 Å². The molecule has 1 aliphatic rings. The number of likely N-dealkylation sites (tertiary alicyclic amines) is 1. The Morgan fingerprint density at radius 3 is 2.38 bits per heavy atom. The Bertz CT molecular complexity index is 581. The molecule has 2 rings (SSSR count). The Morgan fingerprint density at radius 1 is 1.21 bits per heavy atom. The van der Waals surface area contributed by atoms with E-state index in [1.54, 1.807) is 20.8 Å². The zero-order valence-corrected chi connectivity index (χ0v) is 14.7. The lowest BCUT2D eigenvalue weighted by atomic mass is 9.85. The molecule has 24 heavy (non-hydrogen) atoms. The van der Waals surface area contributed by atoms with Crippen LogP contribution in [0.1, 0.15) is 32.8 Å². The van der Waals surface area contributed by atoms with Gasteiger partial charge in [-0.3, -0.25) is 4.90 Å². The van der Waals surface area contributed by atoms with Gasteiger partial charge < -0.3 is 14.2 Å². The van der Waals surface area contributed by atoms with Crippen molar-refractivity contribution < 1.29 is 23.8 Å². The first kappa shape index (κ1) is 18.3. The molecule has 0 bridgehead atoms. The van der Waals surface area contributed by atoms with E-state index in [2.05, 4.69) is 0 Å². The summed E-state index contributed by atoms with van der Waals surface area (Å²) in [5.41, 5.74) is -0.730. The smallest absolute Gasteiger partial charge is 0.411 e. The van der Waals surface area contributed by atoms with Gasteiger partial charge in [-0.1, -0.05) is 30.3 Å². The molecule has 0 aromatic heterocycles. The van der Waals surface area contributed by atoms with Crippen molar-refractivity contribution >= 4 is 12.1 Å². The molecule has 1 aliphatic heterocycles. The first-order valence-corrected chi connectivity index (χ1v) is 7.99. The molecule has 1 fully saturated rings. The number of amides is 1. The molecule has 6 heteroatoms. The quantitative estimate of drug-likeness (QED) is 0.774. The van der Waals surface area contributed by atoms with Gasteiger partial charge in [0.2, 0.25) is 0 Å². The van der Waals surface area contributed by atoms with E-state index in [9.17, 15) is 9.59 Å². The van der Waals surface area contributed by atoms with E-state index in [0.29, 0.717) is 19.6 Å². The molecule has 0 saturated carbocycles. The van der Waals surface area contributed by atoms with Crippen molar-refractivity contribution in [2.24, 2.45) is 0 Å². The SMILES string of the molecule is COC(=O)C1(COCc2ccccc2)CCN1C(=O)OC(C)(C)C. The number of rotatable bonds is 5. The minimum Gasteiger partial charge on any atom is -0.467 e. The maximum atomic E-state index is 12.4. The molecule has 132 valence electrons. The van der Waals surface area contributed by atoms with E-state index in [-0.39, 0.29) is 6.61 Å². The van der Waals surface area contributed by atoms with E-state index < -0.39 is 23.2 Å². The fraction of sp³-hybridized carbons (Fsp3) is 0.556. The summed E-state index contributed by atoms with van der Waals surface area (Å²) in [7, 11) is 1.31. The molecule has 1 heterocycles. The molecule has 0 spiro atoms. The lowest BCUT2D eigenvalue weighted by molar-refractivity contribution is -0.171. The first-order valence-electron chi connectivity index (χ1n) is 7.99. The molecule has 0 radical (unpaired) electrons. The zero-order valence-electron chi connectivity index (χ0n) is 14.7. The van der Waals surface area contributed by atoms with Crippen molar-refractivity contribution in [2.45, 2.75) is 44.9 Å². The summed E-state index contributed by atoms with van der Waals surface area (Å²) < 4.78 is 16.0. The van der Waals surface area contributed by atoms with Crippen LogP contribution >= 0.6 is 0 Å². The fourth-order valence-electron chi connectivity index (χ4n) is 2.60. The number of esters is 1. The second-order valence-electron chi connectivity index (χ2n) is 6.88. The van der Waals surface area contributed by atoms with Crippen LogP contribution in [-0.2, 0) is 25.6 Å². The Labute approximate surface area is 142 Å². The van der Waals surface area contributed by atoms with Crippen LogP contribution in [0.4, 0.5) is 4.79 Å². The van der Waals surface area contributed by atoms with E-state index in [1.165, 1.54) is 12.0 Å². The molecule has 0 aliphatic carbocycles. The lowest BCUT2D eigenvalue weighted by Crippen LogP contribution is -2.69. The van der Waals surface area contributed by atoms with Crippen molar-refractivity contribution in [1.29, 1.82) is 0 Å². The molecule has 0 N–H and O–H groups in total. The second kappa shape index (κ2) is 7.21. The predicted octanol–water partition coefficient (Wildman–Crippen LogP) is 2.76. The molecule has 1 saturated heterocycles. The van der Waals surface area contributed by atoms with Crippen LogP contribution in [0.2, 0.25) is 0 Å². The van der Waals surface area contributed by atoms with Crippen LogP contribution in [0.25, 0.3) is 0 Å². The number of ether oxygens (including phenoxy) is 3. The van der Waals surface area contributed by atoms with Gasteiger partial charge in [-0.15, -0.1) is 0 Å². The maximum absolute atomic E-state index is 12.4. The lowest BCUT2D eigenvalue weighted by Gasteiger charge is -2.49. The molecule has 1 amide bonds. The van der Waals surface area contributed by atoms with Crippen LogP contribution in [0.5, 0.6) is 0 Å². The monoisotopic (exact) mass is 335 g/mol. The summed E-state index contributed by atoms with van der Waals surface area (Å²) in [4.78, 5) is 26.0. The van der Waals surface area contributed by atoms with Gasteiger partial charge in [0.05, 0.1) is 20.3 Å². The molecule has 1 aromatic rings. The number of carbonyl (C=O) groups excluding carboxylic acids is 2. The summed E-state index contributed by atoms with van der Waals surface area (Å²) in [6, 6.07) is 9.65. The van der Waals surface area contributed by atoms with Crippen LogP contribution in [0, 0.1) is 0 Å². The summed E-state index contributed by atoms with van der Waals surface area (Å²) >= 11 is 0. The van der Waals surface area contributed by atoms with Gasteiger partial charge in [0, 0.05) is 13.0 Å². The van der Waals surface area contributed by atoms with Gasteiger partial charge in [0.15, 0.2) is 5.54 Å². The highest BCUT2D eigenvalue weighted by atomic mass is 16.6. The average Bonchev–Trinajstić information content (AvgIpc) is 2.49. The highest BCUT2D eigenvalue weighted by Crippen LogP contribution is 2.34. The van der Waals surface area contributed by atoms with Gasteiger partial charge in [-0.05, 0) is 26.3 Å². The van der Waals surface area contributed by atoms with Gasteiger partial charge in [0.1, 0.15) is 5.60 Å². The number of nitrogens with zero attached hydrogens (tertiary/aromatic N) is 1. The van der Waals surface area contributed by atoms with Gasteiger partial charge in [0.25, 0.3) is 0 Å². The number of carbonyl (C=O) groups is 2. The number of methoxy groups -OCH3 is 1. The minimum atomic E-state index is -1.11. The third-order valence-corrected chi connectivity index (χ3v) is 3.90. The maximum Gasteiger partial charge on any atom is 0.411 e. The topological polar surface area (TPSA) is 65.1 Å². The normalized spacial score (nSPS) is 20.2. The molecular weight excluding hydrogens is 310 g/mol. The summed E-state index contributed by atoms with van der Waals surface area (Å²) in [5.74, 6) is -0.479. The zero-order chi connectivity index (χ0) is 17.8. The minimum absolute atomic E-state index is 0.0772. The van der Waals surface area contributed by atoms with Crippen molar-refractivity contribution in [3.05, 3.63) is 35.9 Å². The summed E-state index contributed by atoms with van der Waals surface area (Å²) in [6.45, 7) is 6.25. The van der Waals surface area contributed by atoms with E-state index >= 15 is 0 Å². The molecule has 6 nitrogen and oxygen atoms in total. The number of benzene rings is 1. The Kier molecular flexibility index (Phi) is 5.49. The Balaban J connectivity index is 2.04. The third-order valence-electron chi connectivity index (χ3n) is 3.90. The van der Waals surface area contributed by atoms with E-state index in [1.807, 2.05) is 30.3 Å². The fourth-order valence-corrected chi connectivity index (χ4v) is 2.60. The highest BCUT2D eigenvalue weighted by Gasteiger charge is 2.56. The van der Waals surface area contributed by atoms with Gasteiger partial charge in [-0.25, -0.2) is 9.59 Å². The van der Waals surface area contributed by atoms with Crippen molar-refractivity contribution in [2.75, 3.05) is 20.3 Å². The summed E-state index contributed by atoms with van der Waals surface area (Å²) in [6.07, 6.45) is -0.0317. The van der Waals surface area contributed by atoms with Crippen molar-refractivity contribution in [3.8, 4) is 0 Å². The average molecular weight is 335 g/mol. The van der Waals surface area contributed by atoms with E-state index in [4.69, 9.17) is 14.2 Å². The second-order valence-corrected chi connectivity index (χ2v) is 6.88. The van der Waals surface area contributed by atoms with Crippen LogP contribution in [0.3, 0.4) is 0 Å². The van der Waals surface area contributed by atoms with Crippen molar-refractivity contribution in [3.63, 3.8) is 0 Å². The highest BCUT2D eigenvalue weighted by molar-refractivity contribution is 5.88. The Morgan fingerprint density at radius 2 is 1.88 bits per heavy atom. The first-order chi connectivity index (χ1) is 11.3. The molecule has 1 unspecified atom stereocenters. The van der Waals surface area contributed by atoms with Crippen LogP contribution in [0.15, 0.2) is 30.3 Å². The largest absolute Gasteiger partial charge is 0.467 e. The standard InChI is InChI=1S/C18H25NO5/c1-17(2,3)24-16(21)19-11-10-18(19,15(20)22-4)13-23-12-14-8-6-5-7-9-14/h5-9H,10-13H2,1-4H3. The third kappa shape index (κ3) is 4.06. The Hall–Kier alpha value is -2.08. The van der Waals surface area contributed by atoms with E-state index in [0.717, 1.165) is 5.56 Å².